The molecule has 3 heterocycles. The van der Waals surface area contributed by atoms with Crippen LogP contribution in [0.5, 0.6) is 0 Å². The van der Waals surface area contributed by atoms with E-state index in [1.165, 1.54) is 16.6 Å². The van der Waals surface area contributed by atoms with E-state index in [1.807, 2.05) is 20.8 Å². The van der Waals surface area contributed by atoms with Crippen molar-refractivity contribution in [1.29, 1.82) is 0 Å². The summed E-state index contributed by atoms with van der Waals surface area (Å²) in [6.45, 7) is 7.59. The molecule has 1 spiro atoms. The molecule has 12 heteroatoms. The minimum absolute atomic E-state index is 0.00355. The van der Waals surface area contributed by atoms with Crippen molar-refractivity contribution in [2.75, 3.05) is 37.8 Å². The van der Waals surface area contributed by atoms with Gasteiger partial charge in [-0.15, -0.1) is 0 Å². The Morgan fingerprint density at radius 3 is 2.42 bits per heavy atom. The highest BCUT2D eigenvalue weighted by atomic mass is 32.2. The van der Waals surface area contributed by atoms with Crippen LogP contribution in [-0.4, -0.2) is 77.8 Å². The Bertz CT molecular complexity index is 1330. The molecule has 208 valence electrons. The molecule has 1 amide bonds. The lowest BCUT2D eigenvalue weighted by Gasteiger charge is -2.59. The van der Waals surface area contributed by atoms with Gasteiger partial charge >= 0.3 is 6.09 Å². The van der Waals surface area contributed by atoms with Gasteiger partial charge in [0.05, 0.1) is 11.8 Å². The second-order valence-electron chi connectivity index (χ2n) is 12.1. The Morgan fingerprint density at radius 2 is 1.84 bits per heavy atom. The molecular weight excluding hydrogens is 516 g/mol. The van der Waals surface area contributed by atoms with Crippen LogP contribution in [0, 0.1) is 5.41 Å². The summed E-state index contributed by atoms with van der Waals surface area (Å²) in [4.78, 5) is 23.2. The number of sulfonamides is 1. The lowest BCUT2D eigenvalue weighted by molar-refractivity contribution is -0.0784. The van der Waals surface area contributed by atoms with E-state index < -0.39 is 22.0 Å². The van der Waals surface area contributed by atoms with Crippen molar-refractivity contribution in [3.63, 3.8) is 0 Å². The number of halogens is 2. The Morgan fingerprint density at radius 1 is 1.18 bits per heavy atom. The van der Waals surface area contributed by atoms with E-state index in [2.05, 4.69) is 10.3 Å². The number of amides is 1. The highest BCUT2D eigenvalue weighted by molar-refractivity contribution is 7.88. The van der Waals surface area contributed by atoms with E-state index >= 15 is 0 Å². The first kappa shape index (κ1) is 27.0. The van der Waals surface area contributed by atoms with E-state index in [4.69, 9.17) is 9.72 Å². The third-order valence-electron chi connectivity index (χ3n) is 7.75. The van der Waals surface area contributed by atoms with Gasteiger partial charge in [0.2, 0.25) is 16.0 Å². The van der Waals surface area contributed by atoms with Crippen LogP contribution in [0.3, 0.4) is 0 Å². The largest absolute Gasteiger partial charge is 0.444 e. The highest BCUT2D eigenvalue weighted by Crippen LogP contribution is 2.57. The number of carbonyl (C=O) groups is 1. The van der Waals surface area contributed by atoms with Crippen LogP contribution < -0.4 is 5.32 Å². The normalized spacial score (nSPS) is 21.0. The minimum atomic E-state index is -3.21. The van der Waals surface area contributed by atoms with Crippen LogP contribution >= 0.6 is 0 Å². The standard InChI is InChI=1S/C26H35F2N5O4S/c1-25(2,3)37-24(34)32-14-26(15-32)11-18(12-26)20-10-16(22(27)28)9-17-13-29-23(31-21(17)20)30-19-5-7-33(8-6-19)38(4,35)36/h9-10,13,18-19,22H,5-8,11-12,14-15H2,1-4H3,(H,29,30,31). The molecule has 5 rings (SSSR count). The van der Waals surface area contributed by atoms with Gasteiger partial charge in [0.15, 0.2) is 0 Å². The van der Waals surface area contributed by atoms with Crippen molar-refractivity contribution in [3.8, 4) is 0 Å². The Hall–Kier alpha value is -2.60. The predicted octanol–water partition coefficient (Wildman–Crippen LogP) is 4.52. The summed E-state index contributed by atoms with van der Waals surface area (Å²) in [5, 5.41) is 3.88. The van der Waals surface area contributed by atoms with Crippen LogP contribution in [0.4, 0.5) is 19.5 Å². The third-order valence-corrected chi connectivity index (χ3v) is 9.05. The fourth-order valence-corrected chi connectivity index (χ4v) is 6.78. The molecule has 9 nitrogen and oxygen atoms in total. The second-order valence-corrected chi connectivity index (χ2v) is 14.0. The summed E-state index contributed by atoms with van der Waals surface area (Å²) < 4.78 is 57.9. The molecule has 0 unspecified atom stereocenters. The van der Waals surface area contributed by atoms with Crippen LogP contribution in [0.1, 0.15) is 69.9 Å². The average molecular weight is 552 g/mol. The minimum Gasteiger partial charge on any atom is -0.444 e. The van der Waals surface area contributed by atoms with Gasteiger partial charge < -0.3 is 15.0 Å². The molecule has 3 fully saturated rings. The van der Waals surface area contributed by atoms with Gasteiger partial charge in [-0.25, -0.2) is 36.3 Å². The monoisotopic (exact) mass is 551 g/mol. The molecule has 1 aromatic heterocycles. The number of anilines is 1. The fourth-order valence-electron chi connectivity index (χ4n) is 5.90. The molecule has 1 saturated carbocycles. The quantitative estimate of drug-likeness (QED) is 0.583. The van der Waals surface area contributed by atoms with Crippen LogP contribution in [0.25, 0.3) is 10.9 Å². The summed E-state index contributed by atoms with van der Waals surface area (Å²) in [5.74, 6) is 0.480. The number of benzene rings is 1. The molecule has 2 aromatic rings. The fraction of sp³-hybridized carbons (Fsp3) is 0.654. The van der Waals surface area contributed by atoms with Gasteiger partial charge in [0.1, 0.15) is 5.60 Å². The molecule has 3 aliphatic rings. The van der Waals surface area contributed by atoms with Gasteiger partial charge in [0.25, 0.3) is 6.43 Å². The molecule has 2 aliphatic heterocycles. The Labute approximate surface area is 222 Å². The van der Waals surface area contributed by atoms with Gasteiger partial charge in [-0.05, 0) is 70.1 Å². The number of carbonyl (C=O) groups excluding carboxylic acids is 1. The topological polar surface area (TPSA) is 105 Å². The molecule has 0 atom stereocenters. The number of ether oxygens (including phenoxy) is 1. The average Bonchev–Trinajstić information content (AvgIpc) is 2.75. The smallest absolute Gasteiger partial charge is 0.410 e. The molecule has 0 bridgehead atoms. The third kappa shape index (κ3) is 5.56. The first-order valence-corrected chi connectivity index (χ1v) is 14.8. The second kappa shape index (κ2) is 9.55. The zero-order valence-corrected chi connectivity index (χ0v) is 23.0. The zero-order chi connectivity index (χ0) is 27.5. The summed E-state index contributed by atoms with van der Waals surface area (Å²) in [5.41, 5.74) is 0.846. The van der Waals surface area contributed by atoms with E-state index in [9.17, 15) is 22.0 Å². The van der Waals surface area contributed by atoms with Gasteiger partial charge in [-0.2, -0.15) is 0 Å². The summed E-state index contributed by atoms with van der Waals surface area (Å²) >= 11 is 0. The first-order valence-electron chi connectivity index (χ1n) is 13.0. The first-order chi connectivity index (χ1) is 17.7. The maximum absolute atomic E-state index is 13.7. The highest BCUT2D eigenvalue weighted by Gasteiger charge is 2.55. The number of nitrogens with zero attached hydrogens (tertiary/aromatic N) is 4. The molecule has 38 heavy (non-hydrogen) atoms. The van der Waals surface area contributed by atoms with Crippen molar-refractivity contribution in [2.24, 2.45) is 5.41 Å². The molecular formula is C26H35F2N5O4S. The predicted molar refractivity (Wildman–Crippen MR) is 140 cm³/mol. The molecule has 1 N–H and O–H groups in total. The number of likely N-dealkylation sites (tertiary alicyclic amines) is 1. The maximum atomic E-state index is 13.7. The Balaban J connectivity index is 1.30. The molecule has 0 radical (unpaired) electrons. The number of piperidine rings is 1. The van der Waals surface area contributed by atoms with E-state index in [1.54, 1.807) is 17.2 Å². The number of nitrogens with one attached hydrogen (secondary N) is 1. The molecule has 1 aliphatic carbocycles. The lowest BCUT2D eigenvalue weighted by atomic mass is 9.56. The van der Waals surface area contributed by atoms with E-state index in [-0.39, 0.29) is 29.0 Å². The SMILES string of the molecule is CC(C)(C)OC(=O)N1CC2(CC(c3cc(C(F)F)cc4cnc(NC5CCN(S(C)(=O)=O)CC5)nc34)C2)C1. The van der Waals surface area contributed by atoms with Crippen molar-refractivity contribution < 1.29 is 26.7 Å². The van der Waals surface area contributed by atoms with Crippen LogP contribution in [0.15, 0.2) is 18.3 Å². The van der Waals surface area contributed by atoms with Gasteiger partial charge in [-0.1, -0.05) is 0 Å². The van der Waals surface area contributed by atoms with Gasteiger partial charge in [0, 0.05) is 54.8 Å². The molecule has 1 aromatic carbocycles. The molecule has 2 saturated heterocycles. The maximum Gasteiger partial charge on any atom is 0.410 e. The summed E-state index contributed by atoms with van der Waals surface area (Å²) in [6, 6.07) is 3.03. The van der Waals surface area contributed by atoms with Crippen molar-refractivity contribution in [1.82, 2.24) is 19.2 Å². The van der Waals surface area contributed by atoms with Crippen LogP contribution in [-0.2, 0) is 14.8 Å². The summed E-state index contributed by atoms with van der Waals surface area (Å²) in [6.07, 6.45) is 2.73. The van der Waals surface area contributed by atoms with E-state index in [0.29, 0.717) is 55.9 Å². The van der Waals surface area contributed by atoms with Crippen LogP contribution in [0.2, 0.25) is 0 Å². The number of rotatable bonds is 5. The zero-order valence-electron chi connectivity index (χ0n) is 22.2. The number of hydrogen-bond donors (Lipinski definition) is 1. The van der Waals surface area contributed by atoms with Crippen molar-refractivity contribution in [3.05, 3.63) is 29.5 Å². The number of hydrogen-bond acceptors (Lipinski definition) is 7. The number of aromatic nitrogens is 2. The number of fused-ring (bicyclic) bond motifs is 1. The van der Waals surface area contributed by atoms with Crippen molar-refractivity contribution >= 4 is 33.0 Å². The van der Waals surface area contributed by atoms with Gasteiger partial charge in [-0.3, -0.25) is 0 Å². The number of alkyl halides is 2. The summed E-state index contributed by atoms with van der Waals surface area (Å²) in [7, 11) is -3.21. The lowest BCUT2D eigenvalue weighted by Crippen LogP contribution is -2.63. The Kier molecular flexibility index (Phi) is 6.78. The van der Waals surface area contributed by atoms with Crippen molar-refractivity contribution in [2.45, 2.75) is 70.4 Å². The van der Waals surface area contributed by atoms with E-state index in [0.717, 1.165) is 18.4 Å².